The van der Waals surface area contributed by atoms with Crippen LogP contribution in [0.25, 0.3) is 88.4 Å². The predicted molar refractivity (Wildman–Crippen MR) is 233 cm³/mol. The van der Waals surface area contributed by atoms with E-state index < -0.39 is 0 Å². The van der Waals surface area contributed by atoms with Gasteiger partial charge < -0.3 is 13.7 Å². The summed E-state index contributed by atoms with van der Waals surface area (Å²) in [4.78, 5) is 11.5. The van der Waals surface area contributed by atoms with Crippen molar-refractivity contribution in [3.63, 3.8) is 0 Å². The van der Waals surface area contributed by atoms with Gasteiger partial charge in [-0.15, -0.1) is 0 Å². The molecule has 0 aliphatic heterocycles. The van der Waals surface area contributed by atoms with Gasteiger partial charge in [0.15, 0.2) is 0 Å². The second kappa shape index (κ2) is 13.5. The van der Waals surface area contributed by atoms with E-state index >= 15 is 0 Å². The van der Waals surface area contributed by atoms with Crippen molar-refractivity contribution in [2.24, 2.45) is 0 Å². The van der Waals surface area contributed by atoms with Gasteiger partial charge in [0.05, 0.1) is 0 Å². The van der Waals surface area contributed by atoms with Gasteiger partial charge in [-0.25, -0.2) is 0 Å². The Bertz CT molecular complexity index is 3040. The van der Waals surface area contributed by atoms with Crippen molar-refractivity contribution in [2.45, 2.75) is 0 Å². The van der Waals surface area contributed by atoms with Gasteiger partial charge in [-0.05, 0) is 81.9 Å². The molecule has 0 atom stereocenters. The Morgan fingerprint density at radius 2 is 0.649 bits per heavy atom. The van der Waals surface area contributed by atoms with Gasteiger partial charge in [0, 0.05) is 74.5 Å². The molecule has 0 aliphatic rings. The second-order valence-electron chi connectivity index (χ2n) is 14.2. The molecule has 0 aliphatic carbocycles. The molecule has 0 fully saturated rings. The first-order valence-corrected chi connectivity index (χ1v) is 19.0. The maximum atomic E-state index is 6.36. The van der Waals surface area contributed by atoms with Crippen LogP contribution in [0.2, 0.25) is 0 Å². The van der Waals surface area contributed by atoms with Crippen LogP contribution in [0, 0.1) is 0 Å². The van der Waals surface area contributed by atoms with E-state index in [1.807, 2.05) is 67.3 Å². The number of furan rings is 2. The van der Waals surface area contributed by atoms with Crippen molar-refractivity contribution >= 4 is 60.9 Å². The van der Waals surface area contributed by atoms with E-state index in [1.165, 1.54) is 16.7 Å². The van der Waals surface area contributed by atoms with E-state index in [-0.39, 0.29) is 0 Å². The number of hydrogen-bond donors (Lipinski definition) is 0. The average molecular weight is 732 g/mol. The van der Waals surface area contributed by atoms with Gasteiger partial charge in [0.1, 0.15) is 22.3 Å². The van der Waals surface area contributed by atoms with E-state index in [0.29, 0.717) is 0 Å². The minimum Gasteiger partial charge on any atom is -0.455 e. The maximum absolute atomic E-state index is 6.36. The van der Waals surface area contributed by atoms with Crippen molar-refractivity contribution in [1.82, 2.24) is 9.97 Å². The summed E-state index contributed by atoms with van der Waals surface area (Å²) in [5, 5.41) is 4.15. The third kappa shape index (κ3) is 5.72. The third-order valence-electron chi connectivity index (χ3n) is 10.9. The molecule has 0 radical (unpaired) electrons. The van der Waals surface area contributed by atoms with Crippen LogP contribution in [0.15, 0.2) is 210 Å². The zero-order valence-corrected chi connectivity index (χ0v) is 30.7. The molecule has 0 bridgehead atoms. The van der Waals surface area contributed by atoms with Crippen molar-refractivity contribution in [3.8, 4) is 44.5 Å². The number of benzene rings is 7. The van der Waals surface area contributed by atoms with Crippen LogP contribution in [0.4, 0.5) is 17.1 Å². The summed E-state index contributed by atoms with van der Waals surface area (Å²) >= 11 is 0. The number of aromatic nitrogens is 2. The molecule has 5 nitrogen and oxygen atoms in total. The molecule has 0 saturated heterocycles. The van der Waals surface area contributed by atoms with E-state index in [0.717, 1.165) is 88.8 Å². The Morgan fingerprint density at radius 1 is 0.298 bits per heavy atom. The predicted octanol–water partition coefficient (Wildman–Crippen LogP) is 14.4. The second-order valence-corrected chi connectivity index (χ2v) is 14.2. The molecule has 57 heavy (non-hydrogen) atoms. The topological polar surface area (TPSA) is 55.3 Å². The Hall–Kier alpha value is -7.76. The summed E-state index contributed by atoms with van der Waals surface area (Å²) in [5.74, 6) is 0. The average Bonchev–Trinajstić information content (AvgIpc) is 3.87. The normalized spacial score (nSPS) is 11.5. The Balaban J connectivity index is 0.972. The van der Waals surface area contributed by atoms with Crippen molar-refractivity contribution in [3.05, 3.63) is 201 Å². The molecule has 11 aromatic rings. The highest BCUT2D eigenvalue weighted by Gasteiger charge is 2.18. The molecule has 4 aromatic heterocycles. The first-order valence-electron chi connectivity index (χ1n) is 19.0. The first-order chi connectivity index (χ1) is 28.2. The van der Waals surface area contributed by atoms with Crippen molar-refractivity contribution in [2.75, 3.05) is 4.90 Å². The lowest BCUT2D eigenvalue weighted by Gasteiger charge is -2.26. The molecule has 0 unspecified atom stereocenters. The van der Waals surface area contributed by atoms with E-state index in [4.69, 9.17) is 8.83 Å². The maximum Gasteiger partial charge on any atom is 0.146 e. The number of anilines is 3. The molecule has 7 aromatic carbocycles. The van der Waals surface area contributed by atoms with Crippen molar-refractivity contribution < 1.29 is 8.83 Å². The van der Waals surface area contributed by atoms with E-state index in [9.17, 15) is 0 Å². The largest absolute Gasteiger partial charge is 0.455 e. The Kier molecular flexibility index (Phi) is 7.74. The summed E-state index contributed by atoms with van der Waals surface area (Å²) in [6.45, 7) is 0. The summed E-state index contributed by atoms with van der Waals surface area (Å²) in [6.07, 6.45) is 7.55. The molecule has 0 spiro atoms. The fourth-order valence-corrected chi connectivity index (χ4v) is 8.00. The van der Waals surface area contributed by atoms with E-state index in [1.54, 1.807) is 0 Å². The zero-order chi connectivity index (χ0) is 37.7. The third-order valence-corrected chi connectivity index (χ3v) is 10.9. The molecule has 0 saturated carbocycles. The molecular formula is C52H33N3O2. The summed E-state index contributed by atoms with van der Waals surface area (Å²) < 4.78 is 12.7. The number of fused-ring (bicyclic) bond motifs is 6. The quantitative estimate of drug-likeness (QED) is 0.163. The molecule has 4 heterocycles. The lowest BCUT2D eigenvalue weighted by molar-refractivity contribution is 0.669. The SMILES string of the molecule is c1ccc(-c2ccc(-c3ccc(N(c4ccc(-c5cncc6c5oc5ccccc56)cc4)c4ccc(-c5cncc6c5oc5ccccc56)cc4)cc3)cc2)cc1. The number of para-hydroxylation sites is 2. The fourth-order valence-electron chi connectivity index (χ4n) is 8.00. The highest BCUT2D eigenvalue weighted by atomic mass is 16.3. The minimum atomic E-state index is 0.841. The fraction of sp³-hybridized carbons (Fsp3) is 0. The summed E-state index contributed by atoms with van der Waals surface area (Å²) in [6, 6.07) is 61.5. The monoisotopic (exact) mass is 731 g/mol. The minimum absolute atomic E-state index is 0.841. The highest BCUT2D eigenvalue weighted by Crippen LogP contribution is 2.41. The summed E-state index contributed by atoms with van der Waals surface area (Å²) in [7, 11) is 0. The lowest BCUT2D eigenvalue weighted by Crippen LogP contribution is -2.09. The number of nitrogens with zero attached hydrogens (tertiary/aromatic N) is 3. The first kappa shape index (κ1) is 32.7. The van der Waals surface area contributed by atoms with Gasteiger partial charge in [0.25, 0.3) is 0 Å². The molecule has 268 valence electrons. The Labute approximate surface area is 328 Å². The van der Waals surface area contributed by atoms with Crippen molar-refractivity contribution in [1.29, 1.82) is 0 Å². The van der Waals surface area contributed by atoms with E-state index in [2.05, 4.69) is 148 Å². The molecular weight excluding hydrogens is 699 g/mol. The number of rotatable bonds is 7. The summed E-state index contributed by atoms with van der Waals surface area (Å²) in [5.41, 5.74) is 15.2. The molecule has 0 amide bonds. The van der Waals surface area contributed by atoms with Crippen LogP contribution in [0.1, 0.15) is 0 Å². The van der Waals surface area contributed by atoms with Crippen LogP contribution >= 0.6 is 0 Å². The molecule has 11 rings (SSSR count). The number of hydrogen-bond acceptors (Lipinski definition) is 5. The van der Waals surface area contributed by atoms with Gasteiger partial charge in [-0.1, -0.05) is 127 Å². The van der Waals surface area contributed by atoms with Crippen LogP contribution in [0.3, 0.4) is 0 Å². The molecule has 0 N–H and O–H groups in total. The van der Waals surface area contributed by atoms with Gasteiger partial charge in [0.2, 0.25) is 0 Å². The number of pyridine rings is 2. The Morgan fingerprint density at radius 3 is 1.09 bits per heavy atom. The highest BCUT2D eigenvalue weighted by molar-refractivity contribution is 6.10. The smallest absolute Gasteiger partial charge is 0.146 e. The standard InChI is InChI=1S/C52H33N3O2/c1-2-8-34(9-3-1)35-14-16-36(17-15-35)37-18-24-40(25-19-37)55(41-26-20-38(21-27-41)45-30-53-32-47-43-10-4-6-12-49(43)56-51(45)47)42-28-22-39(23-29-42)46-31-54-33-48-44-11-5-7-13-50(44)57-52(46)48/h1-33H. The van der Waals surface area contributed by atoms with Crippen LogP contribution in [-0.2, 0) is 0 Å². The van der Waals surface area contributed by atoms with Gasteiger partial charge >= 0.3 is 0 Å². The lowest BCUT2D eigenvalue weighted by atomic mass is 10.00. The van der Waals surface area contributed by atoms with Crippen LogP contribution in [-0.4, -0.2) is 9.97 Å². The molecule has 5 heteroatoms. The van der Waals surface area contributed by atoms with Crippen LogP contribution < -0.4 is 4.90 Å². The van der Waals surface area contributed by atoms with Gasteiger partial charge in [-0.2, -0.15) is 0 Å². The van der Waals surface area contributed by atoms with Gasteiger partial charge in [-0.3, -0.25) is 9.97 Å². The van der Waals surface area contributed by atoms with Crippen LogP contribution in [0.5, 0.6) is 0 Å². The zero-order valence-electron chi connectivity index (χ0n) is 30.7.